The maximum Gasteiger partial charge on any atom is 0.0195 e. The molecule has 0 radical (unpaired) electrons. The van der Waals surface area contributed by atoms with Crippen molar-refractivity contribution in [1.82, 2.24) is 5.32 Å². The third-order valence-corrected chi connectivity index (χ3v) is 5.75. The smallest absolute Gasteiger partial charge is 0.0195 e. The first-order valence-electron chi connectivity index (χ1n) is 7.54. The van der Waals surface area contributed by atoms with E-state index in [2.05, 4.69) is 56.2 Å². The van der Waals surface area contributed by atoms with E-state index in [0.717, 1.165) is 11.7 Å². The predicted molar refractivity (Wildman–Crippen MR) is 87.2 cm³/mol. The van der Waals surface area contributed by atoms with E-state index < -0.39 is 0 Å². The maximum atomic E-state index is 3.50. The van der Waals surface area contributed by atoms with Crippen LogP contribution in [0.1, 0.15) is 42.4 Å². The van der Waals surface area contributed by atoms with Gasteiger partial charge in [-0.3, -0.25) is 0 Å². The molecule has 1 aliphatic carbocycles. The average molecular weight is 277 g/mol. The number of benzene rings is 1. The second-order valence-electron chi connectivity index (χ2n) is 5.86. The predicted octanol–water partition coefficient (Wildman–Crippen LogP) is 4.11. The van der Waals surface area contributed by atoms with Gasteiger partial charge in [0.25, 0.3) is 0 Å². The first kappa shape index (κ1) is 14.9. The van der Waals surface area contributed by atoms with Crippen LogP contribution in [0.15, 0.2) is 18.2 Å². The van der Waals surface area contributed by atoms with Gasteiger partial charge in [-0.25, -0.2) is 0 Å². The van der Waals surface area contributed by atoms with Gasteiger partial charge in [0.1, 0.15) is 0 Å². The highest BCUT2D eigenvalue weighted by Crippen LogP contribution is 2.30. The SMILES string of the molecule is CNC(CSC1CCCC1)Cc1cc(C)ccc1C. The number of likely N-dealkylation sites (N-methyl/N-ethyl adjacent to an activating group) is 1. The van der Waals surface area contributed by atoms with Gasteiger partial charge in [-0.15, -0.1) is 0 Å². The van der Waals surface area contributed by atoms with Gasteiger partial charge in [-0.1, -0.05) is 36.6 Å². The van der Waals surface area contributed by atoms with Gasteiger partial charge >= 0.3 is 0 Å². The van der Waals surface area contributed by atoms with E-state index in [0.29, 0.717) is 6.04 Å². The summed E-state index contributed by atoms with van der Waals surface area (Å²) in [6, 6.07) is 7.41. The fourth-order valence-corrected chi connectivity index (χ4v) is 4.29. The molecule has 1 aromatic rings. The van der Waals surface area contributed by atoms with Crippen LogP contribution in [0.3, 0.4) is 0 Å². The van der Waals surface area contributed by atoms with Crippen molar-refractivity contribution >= 4 is 11.8 Å². The van der Waals surface area contributed by atoms with Crippen LogP contribution in [0.4, 0.5) is 0 Å². The van der Waals surface area contributed by atoms with E-state index in [1.165, 1.54) is 48.1 Å². The fraction of sp³-hybridized carbons (Fsp3) is 0.647. The van der Waals surface area contributed by atoms with E-state index in [9.17, 15) is 0 Å². The number of aryl methyl sites for hydroxylation is 2. The van der Waals surface area contributed by atoms with E-state index in [-0.39, 0.29) is 0 Å². The van der Waals surface area contributed by atoms with E-state index in [1.807, 2.05) is 0 Å². The Hall–Kier alpha value is -0.470. The minimum absolute atomic E-state index is 0.603. The molecule has 1 aromatic carbocycles. The summed E-state index contributed by atoms with van der Waals surface area (Å²) in [6.45, 7) is 4.41. The molecule has 2 heteroatoms. The van der Waals surface area contributed by atoms with Crippen molar-refractivity contribution in [2.45, 2.75) is 57.2 Å². The highest BCUT2D eigenvalue weighted by Gasteiger charge is 2.17. The van der Waals surface area contributed by atoms with Crippen molar-refractivity contribution in [2.75, 3.05) is 12.8 Å². The zero-order chi connectivity index (χ0) is 13.7. The summed E-state index contributed by atoms with van der Waals surface area (Å²) in [5, 5.41) is 4.43. The Morgan fingerprint density at radius 2 is 2.00 bits per heavy atom. The summed E-state index contributed by atoms with van der Waals surface area (Å²) >= 11 is 2.18. The van der Waals surface area contributed by atoms with Crippen molar-refractivity contribution in [3.8, 4) is 0 Å². The van der Waals surface area contributed by atoms with Crippen LogP contribution in [0.5, 0.6) is 0 Å². The molecule has 0 heterocycles. The van der Waals surface area contributed by atoms with Crippen LogP contribution < -0.4 is 5.32 Å². The molecule has 0 aliphatic heterocycles. The van der Waals surface area contributed by atoms with Crippen LogP contribution >= 0.6 is 11.8 Å². The highest BCUT2D eigenvalue weighted by atomic mass is 32.2. The third-order valence-electron chi connectivity index (χ3n) is 4.21. The zero-order valence-electron chi connectivity index (χ0n) is 12.5. The second-order valence-corrected chi connectivity index (χ2v) is 7.19. The molecule has 1 nitrogen and oxygen atoms in total. The number of thioether (sulfide) groups is 1. The van der Waals surface area contributed by atoms with Gasteiger partial charge in [0, 0.05) is 17.0 Å². The molecule has 1 saturated carbocycles. The normalized spacial score (nSPS) is 17.8. The first-order valence-corrected chi connectivity index (χ1v) is 8.59. The van der Waals surface area contributed by atoms with Crippen LogP contribution in [-0.4, -0.2) is 24.1 Å². The summed E-state index contributed by atoms with van der Waals surface area (Å²) in [7, 11) is 2.10. The molecule has 1 fully saturated rings. The number of rotatable bonds is 6. The van der Waals surface area contributed by atoms with Crippen LogP contribution in [0.2, 0.25) is 0 Å². The van der Waals surface area contributed by atoms with Gasteiger partial charge in [0.15, 0.2) is 0 Å². The van der Waals surface area contributed by atoms with Crippen molar-refractivity contribution in [1.29, 1.82) is 0 Å². The Labute approximate surface area is 122 Å². The minimum atomic E-state index is 0.603. The van der Waals surface area contributed by atoms with Crippen molar-refractivity contribution in [3.05, 3.63) is 34.9 Å². The number of nitrogens with one attached hydrogen (secondary N) is 1. The molecule has 2 rings (SSSR count). The molecule has 0 amide bonds. The lowest BCUT2D eigenvalue weighted by atomic mass is 10.00. The topological polar surface area (TPSA) is 12.0 Å². The van der Waals surface area contributed by atoms with Gasteiger partial charge in [-0.2, -0.15) is 11.8 Å². The molecule has 19 heavy (non-hydrogen) atoms. The summed E-state index contributed by atoms with van der Waals surface area (Å²) in [5.74, 6) is 1.24. The molecule has 1 aliphatic rings. The zero-order valence-corrected chi connectivity index (χ0v) is 13.4. The summed E-state index contributed by atoms with van der Waals surface area (Å²) in [4.78, 5) is 0. The third kappa shape index (κ3) is 4.54. The first-order chi connectivity index (χ1) is 9.19. The second kappa shape index (κ2) is 7.35. The summed E-state index contributed by atoms with van der Waals surface area (Å²) < 4.78 is 0. The van der Waals surface area contributed by atoms with E-state index >= 15 is 0 Å². The largest absolute Gasteiger partial charge is 0.316 e. The van der Waals surface area contributed by atoms with Crippen LogP contribution in [0.25, 0.3) is 0 Å². The van der Waals surface area contributed by atoms with E-state index in [4.69, 9.17) is 0 Å². The van der Waals surface area contributed by atoms with Gasteiger partial charge in [-0.05, 0) is 51.3 Å². The molecular weight excluding hydrogens is 250 g/mol. The Morgan fingerprint density at radius 1 is 1.26 bits per heavy atom. The molecule has 0 aromatic heterocycles. The highest BCUT2D eigenvalue weighted by molar-refractivity contribution is 7.99. The molecule has 0 spiro atoms. The Kier molecular flexibility index (Phi) is 5.77. The molecule has 1 N–H and O–H groups in total. The molecule has 1 unspecified atom stereocenters. The summed E-state index contributed by atoms with van der Waals surface area (Å²) in [6.07, 6.45) is 6.91. The van der Waals surface area contributed by atoms with Crippen molar-refractivity contribution in [3.63, 3.8) is 0 Å². The molecular formula is C17H27NS. The maximum absolute atomic E-state index is 3.50. The lowest BCUT2D eigenvalue weighted by Crippen LogP contribution is -2.31. The Balaban J connectivity index is 1.88. The quantitative estimate of drug-likeness (QED) is 0.840. The Morgan fingerprint density at radius 3 is 2.68 bits per heavy atom. The van der Waals surface area contributed by atoms with Crippen molar-refractivity contribution in [2.24, 2.45) is 0 Å². The monoisotopic (exact) mass is 277 g/mol. The standard InChI is InChI=1S/C17H27NS/c1-13-8-9-14(2)15(10-13)11-16(18-3)12-19-17-6-4-5-7-17/h8-10,16-18H,4-7,11-12H2,1-3H3. The van der Waals surface area contributed by atoms with Gasteiger partial charge in [0.05, 0.1) is 0 Å². The summed E-state index contributed by atoms with van der Waals surface area (Å²) in [5.41, 5.74) is 4.31. The van der Waals surface area contributed by atoms with Gasteiger partial charge in [0.2, 0.25) is 0 Å². The molecule has 0 saturated heterocycles. The van der Waals surface area contributed by atoms with Crippen LogP contribution in [0, 0.1) is 13.8 Å². The molecule has 1 atom stereocenters. The molecule has 106 valence electrons. The van der Waals surface area contributed by atoms with Crippen LogP contribution in [-0.2, 0) is 6.42 Å². The lowest BCUT2D eigenvalue weighted by Gasteiger charge is -2.19. The van der Waals surface area contributed by atoms with Gasteiger partial charge < -0.3 is 5.32 Å². The van der Waals surface area contributed by atoms with Crippen molar-refractivity contribution < 1.29 is 0 Å². The number of hydrogen-bond donors (Lipinski definition) is 1. The minimum Gasteiger partial charge on any atom is -0.316 e. The molecule has 0 bridgehead atoms. The Bertz CT molecular complexity index is 396. The lowest BCUT2D eigenvalue weighted by molar-refractivity contribution is 0.614. The van der Waals surface area contributed by atoms with E-state index in [1.54, 1.807) is 0 Å². The fourth-order valence-electron chi connectivity index (χ4n) is 2.84. The average Bonchev–Trinajstić information content (AvgIpc) is 2.91. The number of hydrogen-bond acceptors (Lipinski definition) is 2.